The van der Waals surface area contributed by atoms with Crippen LogP contribution in [0.3, 0.4) is 0 Å². The summed E-state index contributed by atoms with van der Waals surface area (Å²) in [6.07, 6.45) is 3.18. The fraction of sp³-hybridized carbons (Fsp3) is 0.500. The SMILES string of the molecule is COc1ccc(C(=O)CS(=O)(=O)C2CCCC2)cc1Cl. The molecule has 0 saturated heterocycles. The zero-order valence-electron chi connectivity index (χ0n) is 11.3. The number of benzene rings is 1. The van der Waals surface area contributed by atoms with E-state index in [2.05, 4.69) is 0 Å². The normalized spacial score (nSPS) is 16.3. The van der Waals surface area contributed by atoms with Gasteiger partial charge in [-0.05, 0) is 31.0 Å². The minimum atomic E-state index is -3.36. The highest BCUT2D eigenvalue weighted by Crippen LogP contribution is 2.27. The number of carbonyl (C=O) groups excluding carboxylic acids is 1. The van der Waals surface area contributed by atoms with Crippen LogP contribution in [-0.2, 0) is 9.84 Å². The summed E-state index contributed by atoms with van der Waals surface area (Å²) in [5, 5.41) is -0.0585. The lowest BCUT2D eigenvalue weighted by Crippen LogP contribution is -2.25. The third-order valence-corrected chi connectivity index (χ3v) is 6.06. The van der Waals surface area contributed by atoms with E-state index in [-0.39, 0.29) is 5.25 Å². The number of ether oxygens (including phenoxy) is 1. The number of hydrogen-bond acceptors (Lipinski definition) is 4. The molecule has 0 aliphatic heterocycles. The smallest absolute Gasteiger partial charge is 0.177 e. The van der Waals surface area contributed by atoms with Crippen molar-refractivity contribution < 1.29 is 17.9 Å². The van der Waals surface area contributed by atoms with Crippen molar-refractivity contribution in [3.8, 4) is 5.75 Å². The van der Waals surface area contributed by atoms with Crippen LogP contribution in [-0.4, -0.2) is 32.3 Å². The van der Waals surface area contributed by atoms with E-state index < -0.39 is 21.4 Å². The molecule has 110 valence electrons. The lowest BCUT2D eigenvalue weighted by Gasteiger charge is -2.11. The zero-order valence-corrected chi connectivity index (χ0v) is 12.8. The molecule has 1 aliphatic rings. The van der Waals surface area contributed by atoms with Crippen molar-refractivity contribution >= 4 is 27.2 Å². The molecule has 4 nitrogen and oxygen atoms in total. The fourth-order valence-electron chi connectivity index (χ4n) is 2.47. The molecule has 20 heavy (non-hydrogen) atoms. The topological polar surface area (TPSA) is 60.4 Å². The van der Waals surface area contributed by atoms with Gasteiger partial charge in [0.15, 0.2) is 15.6 Å². The van der Waals surface area contributed by atoms with E-state index in [1.54, 1.807) is 6.07 Å². The molecule has 0 amide bonds. The van der Waals surface area contributed by atoms with Crippen LogP contribution >= 0.6 is 11.6 Å². The first kappa shape index (κ1) is 15.3. The molecule has 0 aromatic heterocycles. The Morgan fingerprint density at radius 2 is 2.00 bits per heavy atom. The van der Waals surface area contributed by atoms with E-state index in [9.17, 15) is 13.2 Å². The molecule has 0 spiro atoms. The monoisotopic (exact) mass is 316 g/mol. The summed E-state index contributed by atoms with van der Waals surface area (Å²) in [7, 11) is -1.88. The Hall–Kier alpha value is -1.07. The molecule has 6 heteroatoms. The van der Waals surface area contributed by atoms with Gasteiger partial charge in [-0.3, -0.25) is 4.79 Å². The van der Waals surface area contributed by atoms with E-state index in [1.165, 1.54) is 19.2 Å². The van der Waals surface area contributed by atoms with Crippen LogP contribution in [0.4, 0.5) is 0 Å². The van der Waals surface area contributed by atoms with Crippen LogP contribution in [0.25, 0.3) is 0 Å². The number of ketones is 1. The van der Waals surface area contributed by atoms with Crippen LogP contribution in [0.15, 0.2) is 18.2 Å². The number of carbonyl (C=O) groups is 1. The molecular formula is C14H17ClO4S. The zero-order chi connectivity index (χ0) is 14.8. The summed E-state index contributed by atoms with van der Waals surface area (Å²) in [6.45, 7) is 0. The maximum Gasteiger partial charge on any atom is 0.177 e. The molecule has 0 unspecified atom stereocenters. The first-order valence-corrected chi connectivity index (χ1v) is 8.61. The Morgan fingerprint density at radius 3 is 2.55 bits per heavy atom. The first-order chi connectivity index (χ1) is 9.44. The van der Waals surface area contributed by atoms with Gasteiger partial charge in [-0.15, -0.1) is 0 Å². The number of hydrogen-bond donors (Lipinski definition) is 0. The Kier molecular flexibility index (Phi) is 4.70. The summed E-state index contributed by atoms with van der Waals surface area (Å²) < 4.78 is 29.3. The number of halogens is 1. The van der Waals surface area contributed by atoms with Gasteiger partial charge in [-0.1, -0.05) is 24.4 Å². The van der Waals surface area contributed by atoms with Crippen LogP contribution in [0.1, 0.15) is 36.0 Å². The highest BCUT2D eigenvalue weighted by Gasteiger charge is 2.30. The van der Waals surface area contributed by atoms with Crippen LogP contribution in [0.5, 0.6) is 5.75 Å². The first-order valence-electron chi connectivity index (χ1n) is 6.52. The minimum absolute atomic E-state index is 0.302. The minimum Gasteiger partial charge on any atom is -0.495 e. The van der Waals surface area contributed by atoms with Crippen molar-refractivity contribution in [2.45, 2.75) is 30.9 Å². The van der Waals surface area contributed by atoms with Gasteiger partial charge in [-0.25, -0.2) is 8.42 Å². The predicted molar refractivity (Wildman–Crippen MR) is 78.4 cm³/mol. The molecule has 0 heterocycles. The van der Waals surface area contributed by atoms with Gasteiger partial charge in [0, 0.05) is 5.56 Å². The maximum absolute atomic E-state index is 12.1. The van der Waals surface area contributed by atoms with E-state index in [4.69, 9.17) is 16.3 Å². The lowest BCUT2D eigenvalue weighted by atomic mass is 10.1. The maximum atomic E-state index is 12.1. The standard InChI is InChI=1S/C14H17ClO4S/c1-19-14-7-6-10(8-12(14)15)13(16)9-20(17,18)11-4-2-3-5-11/h6-8,11H,2-5,9H2,1H3. The molecule has 1 fully saturated rings. The molecule has 0 atom stereocenters. The van der Waals surface area contributed by atoms with Gasteiger partial charge in [0.25, 0.3) is 0 Å². The molecule has 1 saturated carbocycles. The average molecular weight is 317 g/mol. The van der Waals surface area contributed by atoms with E-state index in [0.717, 1.165) is 12.8 Å². The second kappa shape index (κ2) is 6.14. The van der Waals surface area contributed by atoms with Crippen molar-refractivity contribution in [2.24, 2.45) is 0 Å². The summed E-state index contributed by atoms with van der Waals surface area (Å²) in [5.41, 5.74) is 0.303. The highest BCUT2D eigenvalue weighted by atomic mass is 35.5. The second-order valence-electron chi connectivity index (χ2n) is 4.99. The predicted octanol–water partition coefficient (Wildman–Crippen LogP) is 2.89. The summed E-state index contributed by atoms with van der Waals surface area (Å²) in [5.74, 6) is -0.399. The van der Waals surface area contributed by atoms with E-state index >= 15 is 0 Å². The van der Waals surface area contributed by atoms with Crippen LogP contribution in [0.2, 0.25) is 5.02 Å². The molecule has 0 radical (unpaired) electrons. The second-order valence-corrected chi connectivity index (χ2v) is 7.67. The molecular weight excluding hydrogens is 300 g/mol. The van der Waals surface area contributed by atoms with Gasteiger partial charge in [0.1, 0.15) is 11.5 Å². The molecule has 2 rings (SSSR count). The Labute approximate surface area is 124 Å². The van der Waals surface area contributed by atoms with Gasteiger partial charge in [-0.2, -0.15) is 0 Å². The molecule has 0 N–H and O–H groups in total. The van der Waals surface area contributed by atoms with Crippen LogP contribution < -0.4 is 4.74 Å². The molecule has 1 aromatic rings. The van der Waals surface area contributed by atoms with Crippen molar-refractivity contribution in [2.75, 3.05) is 12.9 Å². The van der Waals surface area contributed by atoms with Crippen molar-refractivity contribution in [3.63, 3.8) is 0 Å². The van der Waals surface area contributed by atoms with Crippen molar-refractivity contribution in [1.82, 2.24) is 0 Å². The molecule has 1 aliphatic carbocycles. The highest BCUT2D eigenvalue weighted by molar-refractivity contribution is 7.92. The largest absolute Gasteiger partial charge is 0.495 e. The van der Waals surface area contributed by atoms with Crippen LogP contribution in [0, 0.1) is 0 Å². The number of Topliss-reactive ketones (excluding diaryl/α,β-unsaturated/α-hetero) is 1. The number of sulfone groups is 1. The fourth-order valence-corrected chi connectivity index (χ4v) is 4.55. The van der Waals surface area contributed by atoms with Gasteiger partial charge in [0.05, 0.1) is 17.4 Å². The average Bonchev–Trinajstić information content (AvgIpc) is 2.92. The molecule has 0 bridgehead atoms. The Bertz CT molecular complexity index is 604. The third kappa shape index (κ3) is 3.33. The summed E-state index contributed by atoms with van der Waals surface area (Å²) in [6, 6.07) is 4.56. The summed E-state index contributed by atoms with van der Waals surface area (Å²) in [4.78, 5) is 12.1. The van der Waals surface area contributed by atoms with E-state index in [0.29, 0.717) is 29.2 Å². The van der Waals surface area contributed by atoms with Gasteiger partial charge >= 0.3 is 0 Å². The number of methoxy groups -OCH3 is 1. The van der Waals surface area contributed by atoms with Gasteiger partial charge in [0.2, 0.25) is 0 Å². The summed E-state index contributed by atoms with van der Waals surface area (Å²) >= 11 is 5.95. The van der Waals surface area contributed by atoms with Crippen molar-refractivity contribution in [1.29, 1.82) is 0 Å². The lowest BCUT2D eigenvalue weighted by molar-refractivity contribution is 0.102. The quantitative estimate of drug-likeness (QED) is 0.784. The van der Waals surface area contributed by atoms with E-state index in [1.807, 2.05) is 0 Å². The molecule has 1 aromatic carbocycles. The van der Waals surface area contributed by atoms with Gasteiger partial charge < -0.3 is 4.74 Å². The number of rotatable bonds is 5. The Morgan fingerprint density at radius 1 is 1.35 bits per heavy atom. The third-order valence-electron chi connectivity index (χ3n) is 3.62. The Balaban J connectivity index is 2.13. The van der Waals surface area contributed by atoms with Crippen molar-refractivity contribution in [3.05, 3.63) is 28.8 Å².